The lowest BCUT2D eigenvalue weighted by Crippen LogP contribution is -2.57. The topological polar surface area (TPSA) is 67.3 Å². The number of β-amino-alcohol motifs (C(OH)–C–C–N with tert-alkyl or cyclic N) is 1. The van der Waals surface area contributed by atoms with Gasteiger partial charge in [0.1, 0.15) is 5.54 Å². The van der Waals surface area contributed by atoms with Gasteiger partial charge in [-0.2, -0.15) is 0 Å². The Kier molecular flexibility index (Phi) is 6.21. The molecule has 3 aliphatic heterocycles. The number of aliphatic hydroxyl groups excluding tert-OH is 1. The number of hydrogen-bond donors (Lipinski definition) is 1. The molecule has 1 N–H and O–H groups in total. The van der Waals surface area contributed by atoms with Gasteiger partial charge in [0.2, 0.25) is 0 Å². The maximum Gasteiger partial charge on any atom is 0.328 e. The molecule has 36 heavy (non-hydrogen) atoms. The molecule has 190 valence electrons. The van der Waals surface area contributed by atoms with Gasteiger partial charge in [-0.05, 0) is 67.3 Å². The van der Waals surface area contributed by atoms with Gasteiger partial charge in [0.25, 0.3) is 5.91 Å². The van der Waals surface area contributed by atoms with Crippen molar-refractivity contribution < 1.29 is 14.7 Å². The van der Waals surface area contributed by atoms with Gasteiger partial charge in [0.15, 0.2) is 0 Å². The third-order valence-electron chi connectivity index (χ3n) is 8.79. The van der Waals surface area contributed by atoms with Crippen molar-refractivity contribution in [3.05, 3.63) is 65.2 Å². The van der Waals surface area contributed by atoms with Crippen molar-refractivity contribution in [3.63, 3.8) is 0 Å². The van der Waals surface area contributed by atoms with Crippen LogP contribution in [0.1, 0.15) is 42.4 Å². The second kappa shape index (κ2) is 9.52. The molecule has 2 aromatic carbocycles. The third kappa shape index (κ3) is 3.98. The first-order chi connectivity index (χ1) is 17.6. The predicted molar refractivity (Wildman–Crippen MR) is 139 cm³/mol. The van der Waals surface area contributed by atoms with Crippen LogP contribution in [0.3, 0.4) is 0 Å². The van der Waals surface area contributed by atoms with Gasteiger partial charge in [-0.15, -0.1) is 0 Å². The Hall–Kier alpha value is -2.90. The van der Waals surface area contributed by atoms with E-state index in [1.165, 1.54) is 40.1 Å². The average Bonchev–Trinajstić information content (AvgIpc) is 3.62. The quantitative estimate of drug-likeness (QED) is 0.633. The lowest BCUT2D eigenvalue weighted by atomic mass is 9.85. The molecule has 1 spiro atoms. The SMILES string of the molecule is O=C1N(C2Cc3ccccc3C2)C(=O)C2(CCN(Cc3ccc(N4CCCC4)cc3)CC2)N1CCO. The summed E-state index contributed by atoms with van der Waals surface area (Å²) < 4.78 is 0. The largest absolute Gasteiger partial charge is 0.395 e. The van der Waals surface area contributed by atoms with Crippen LogP contribution in [0.25, 0.3) is 0 Å². The van der Waals surface area contributed by atoms with Crippen LogP contribution in [0.5, 0.6) is 0 Å². The van der Waals surface area contributed by atoms with E-state index < -0.39 is 5.54 Å². The summed E-state index contributed by atoms with van der Waals surface area (Å²) in [6.45, 7) is 4.73. The summed E-state index contributed by atoms with van der Waals surface area (Å²) in [6.07, 6.45) is 5.21. The fourth-order valence-electron chi connectivity index (χ4n) is 6.80. The number of imide groups is 1. The predicted octanol–water partition coefficient (Wildman–Crippen LogP) is 3.05. The van der Waals surface area contributed by atoms with E-state index in [0.717, 1.165) is 45.6 Å². The first kappa shape index (κ1) is 23.5. The molecule has 7 nitrogen and oxygen atoms in total. The molecule has 3 fully saturated rings. The van der Waals surface area contributed by atoms with Crippen LogP contribution >= 0.6 is 0 Å². The number of fused-ring (bicyclic) bond motifs is 1. The normalized spacial score (nSPS) is 22.3. The van der Waals surface area contributed by atoms with Gasteiger partial charge in [-0.25, -0.2) is 4.79 Å². The number of aliphatic hydroxyl groups is 1. The first-order valence-corrected chi connectivity index (χ1v) is 13.5. The summed E-state index contributed by atoms with van der Waals surface area (Å²) in [4.78, 5) is 35.5. The summed E-state index contributed by atoms with van der Waals surface area (Å²) in [5, 5.41) is 9.75. The maximum absolute atomic E-state index is 13.9. The van der Waals surface area contributed by atoms with Crippen molar-refractivity contribution in [2.45, 2.75) is 56.7 Å². The van der Waals surface area contributed by atoms with Gasteiger partial charge >= 0.3 is 6.03 Å². The highest BCUT2D eigenvalue weighted by atomic mass is 16.3. The van der Waals surface area contributed by atoms with E-state index in [-0.39, 0.29) is 31.1 Å². The Balaban J connectivity index is 1.14. The van der Waals surface area contributed by atoms with Crippen molar-refractivity contribution >= 4 is 17.6 Å². The summed E-state index contributed by atoms with van der Waals surface area (Å²) in [6, 6.07) is 16.8. The Morgan fingerprint density at radius 3 is 2.11 bits per heavy atom. The number of anilines is 1. The molecule has 6 rings (SSSR count). The molecule has 3 saturated heterocycles. The highest BCUT2D eigenvalue weighted by Crippen LogP contribution is 2.40. The molecule has 3 heterocycles. The zero-order valence-corrected chi connectivity index (χ0v) is 20.9. The van der Waals surface area contributed by atoms with Gasteiger partial charge in [-0.1, -0.05) is 36.4 Å². The number of benzene rings is 2. The van der Waals surface area contributed by atoms with Gasteiger partial charge in [-0.3, -0.25) is 14.6 Å². The lowest BCUT2D eigenvalue weighted by molar-refractivity contribution is -0.137. The van der Waals surface area contributed by atoms with E-state index in [2.05, 4.69) is 46.2 Å². The molecule has 1 aliphatic carbocycles. The third-order valence-corrected chi connectivity index (χ3v) is 8.79. The average molecular weight is 489 g/mol. The van der Waals surface area contributed by atoms with Crippen LogP contribution in [0.4, 0.5) is 10.5 Å². The highest BCUT2D eigenvalue weighted by Gasteiger charge is 2.59. The molecule has 4 aliphatic rings. The number of likely N-dealkylation sites (tertiary alicyclic amines) is 1. The standard InChI is InChI=1S/C29H36N4O3/c34-18-17-32-28(36)33(26-19-23-5-1-2-6-24(23)20-26)27(35)29(32)11-15-30(16-12-29)21-22-7-9-25(10-8-22)31-13-3-4-14-31/h1-2,5-10,26,34H,3-4,11-21H2. The number of hydrogen-bond acceptors (Lipinski definition) is 5. The number of amides is 3. The van der Waals surface area contributed by atoms with Crippen LogP contribution in [0.2, 0.25) is 0 Å². The smallest absolute Gasteiger partial charge is 0.328 e. The first-order valence-electron chi connectivity index (χ1n) is 13.5. The Morgan fingerprint density at radius 1 is 0.861 bits per heavy atom. The minimum Gasteiger partial charge on any atom is -0.395 e. The van der Waals surface area contributed by atoms with Crippen molar-refractivity contribution in [2.24, 2.45) is 0 Å². The summed E-state index contributed by atoms with van der Waals surface area (Å²) in [7, 11) is 0. The molecular weight excluding hydrogens is 452 g/mol. The van der Waals surface area contributed by atoms with Crippen molar-refractivity contribution in [1.82, 2.24) is 14.7 Å². The molecule has 0 bridgehead atoms. The Morgan fingerprint density at radius 2 is 1.50 bits per heavy atom. The van der Waals surface area contributed by atoms with Crippen LogP contribution in [-0.2, 0) is 24.2 Å². The molecule has 0 radical (unpaired) electrons. The van der Waals surface area contributed by atoms with E-state index in [0.29, 0.717) is 12.8 Å². The van der Waals surface area contributed by atoms with Gasteiger partial charge < -0.3 is 14.9 Å². The second-order valence-electron chi connectivity index (χ2n) is 10.8. The molecule has 0 atom stereocenters. The number of rotatable bonds is 6. The summed E-state index contributed by atoms with van der Waals surface area (Å²) >= 11 is 0. The van der Waals surface area contributed by atoms with Crippen LogP contribution in [-0.4, -0.2) is 82.7 Å². The molecule has 2 aromatic rings. The molecule has 0 unspecified atom stereocenters. The number of urea groups is 1. The van der Waals surface area contributed by atoms with E-state index in [4.69, 9.17) is 0 Å². The lowest BCUT2D eigenvalue weighted by Gasteiger charge is -2.42. The summed E-state index contributed by atoms with van der Waals surface area (Å²) in [5.41, 5.74) is 4.20. The number of carbonyl (C=O) groups is 2. The van der Waals surface area contributed by atoms with Crippen LogP contribution in [0, 0.1) is 0 Å². The Bertz CT molecular complexity index is 1090. The number of carbonyl (C=O) groups excluding carboxylic acids is 2. The highest BCUT2D eigenvalue weighted by molar-refractivity contribution is 6.07. The van der Waals surface area contributed by atoms with Crippen LogP contribution in [0.15, 0.2) is 48.5 Å². The molecular formula is C29H36N4O3. The number of nitrogens with zero attached hydrogens (tertiary/aromatic N) is 4. The number of piperidine rings is 1. The van der Waals surface area contributed by atoms with E-state index in [1.807, 2.05) is 12.1 Å². The molecule has 0 saturated carbocycles. The van der Waals surface area contributed by atoms with Gasteiger partial charge in [0, 0.05) is 51.0 Å². The minimum absolute atomic E-state index is 0.0617. The molecule has 0 aromatic heterocycles. The molecule has 3 amide bonds. The van der Waals surface area contributed by atoms with Crippen molar-refractivity contribution in [2.75, 3.05) is 44.2 Å². The van der Waals surface area contributed by atoms with E-state index in [1.54, 1.807) is 4.90 Å². The molecule has 7 heteroatoms. The second-order valence-corrected chi connectivity index (χ2v) is 10.8. The van der Waals surface area contributed by atoms with Gasteiger partial charge in [0.05, 0.1) is 6.61 Å². The zero-order chi connectivity index (χ0) is 24.7. The fourth-order valence-corrected chi connectivity index (χ4v) is 6.80. The fraction of sp³-hybridized carbons (Fsp3) is 0.517. The monoisotopic (exact) mass is 488 g/mol. The summed E-state index contributed by atoms with van der Waals surface area (Å²) in [5.74, 6) is -0.0617. The van der Waals surface area contributed by atoms with Crippen molar-refractivity contribution in [3.8, 4) is 0 Å². The zero-order valence-electron chi connectivity index (χ0n) is 20.9. The Labute approximate surface area is 213 Å². The minimum atomic E-state index is -0.829. The van der Waals surface area contributed by atoms with E-state index >= 15 is 0 Å². The maximum atomic E-state index is 13.9. The van der Waals surface area contributed by atoms with Crippen LogP contribution < -0.4 is 4.90 Å². The van der Waals surface area contributed by atoms with E-state index in [9.17, 15) is 14.7 Å². The van der Waals surface area contributed by atoms with Crippen molar-refractivity contribution in [1.29, 1.82) is 0 Å².